The summed E-state index contributed by atoms with van der Waals surface area (Å²) in [5.74, 6) is 0.823. The van der Waals surface area contributed by atoms with Gasteiger partial charge in [-0.2, -0.15) is 0 Å². The highest BCUT2D eigenvalue weighted by Gasteiger charge is 2.29. The van der Waals surface area contributed by atoms with Gasteiger partial charge in [0.15, 0.2) is 11.5 Å². The van der Waals surface area contributed by atoms with Crippen LogP contribution in [0.5, 0.6) is 0 Å². The first-order valence-corrected chi connectivity index (χ1v) is 6.34. The molecule has 0 aromatic carbocycles. The predicted molar refractivity (Wildman–Crippen MR) is 68.1 cm³/mol. The molecule has 0 atom stereocenters. The van der Waals surface area contributed by atoms with Gasteiger partial charge in [-0.05, 0) is 28.8 Å². The van der Waals surface area contributed by atoms with E-state index in [0.717, 1.165) is 28.9 Å². The summed E-state index contributed by atoms with van der Waals surface area (Å²) in [6.07, 6.45) is 8.01. The number of hydrogen-bond acceptors (Lipinski definition) is 4. The second-order valence-electron chi connectivity index (χ2n) is 4.24. The smallest absolute Gasteiger partial charge is 0.180 e. The largest absolute Gasteiger partial charge is 0.381 e. The number of fused-ring (bicyclic) bond motifs is 1. The Balaban J connectivity index is 1.83. The summed E-state index contributed by atoms with van der Waals surface area (Å²) in [6, 6.07) is 0.433. The minimum atomic E-state index is 0.385. The van der Waals surface area contributed by atoms with E-state index in [1.54, 1.807) is 13.3 Å². The number of ether oxygens (including phenoxy) is 1. The fraction of sp³-hybridized carbons (Fsp3) is 0.455. The molecule has 2 aromatic rings. The Kier molecular flexibility index (Phi) is 2.76. The van der Waals surface area contributed by atoms with Crippen LogP contribution >= 0.6 is 15.9 Å². The maximum atomic E-state index is 5.26. The number of methoxy groups -OCH3 is 1. The molecule has 0 saturated heterocycles. The van der Waals surface area contributed by atoms with Crippen molar-refractivity contribution < 1.29 is 4.74 Å². The second-order valence-corrected chi connectivity index (χ2v) is 5.05. The lowest BCUT2D eigenvalue weighted by Crippen LogP contribution is -2.40. The Morgan fingerprint density at radius 1 is 1.53 bits per heavy atom. The van der Waals surface area contributed by atoms with Crippen molar-refractivity contribution in [2.75, 3.05) is 12.4 Å². The average Bonchev–Trinajstić information content (AvgIpc) is 2.70. The van der Waals surface area contributed by atoms with E-state index in [1.807, 2.05) is 16.8 Å². The Labute approximate surface area is 107 Å². The van der Waals surface area contributed by atoms with Gasteiger partial charge in [-0.25, -0.2) is 9.97 Å². The van der Waals surface area contributed by atoms with Gasteiger partial charge >= 0.3 is 0 Å². The second kappa shape index (κ2) is 4.27. The van der Waals surface area contributed by atoms with Gasteiger partial charge in [0.25, 0.3) is 0 Å². The first-order chi connectivity index (χ1) is 8.26. The fourth-order valence-corrected chi connectivity index (χ4v) is 2.47. The molecule has 1 saturated carbocycles. The van der Waals surface area contributed by atoms with Crippen molar-refractivity contribution in [1.82, 2.24) is 14.4 Å². The Morgan fingerprint density at radius 2 is 2.35 bits per heavy atom. The molecule has 0 unspecified atom stereocenters. The lowest BCUT2D eigenvalue weighted by molar-refractivity contribution is 0.0328. The lowest BCUT2D eigenvalue weighted by Gasteiger charge is -2.34. The normalized spacial score (nSPS) is 23.6. The van der Waals surface area contributed by atoms with Crippen molar-refractivity contribution in [3.05, 3.63) is 23.2 Å². The van der Waals surface area contributed by atoms with Crippen LogP contribution < -0.4 is 5.32 Å². The molecule has 0 bridgehead atoms. The van der Waals surface area contributed by atoms with Crippen LogP contribution in [0, 0.1) is 0 Å². The van der Waals surface area contributed by atoms with Crippen molar-refractivity contribution in [2.24, 2.45) is 0 Å². The minimum absolute atomic E-state index is 0.385. The summed E-state index contributed by atoms with van der Waals surface area (Å²) in [7, 11) is 1.76. The molecule has 1 N–H and O–H groups in total. The third-order valence-corrected chi connectivity index (χ3v) is 3.50. The number of halogens is 1. The van der Waals surface area contributed by atoms with Crippen molar-refractivity contribution in [1.29, 1.82) is 0 Å². The highest BCUT2D eigenvalue weighted by Crippen LogP contribution is 2.27. The van der Waals surface area contributed by atoms with Crippen molar-refractivity contribution in [2.45, 2.75) is 25.0 Å². The van der Waals surface area contributed by atoms with Crippen LogP contribution in [0.15, 0.2) is 23.2 Å². The van der Waals surface area contributed by atoms with Crippen LogP contribution in [0.4, 0.5) is 5.82 Å². The van der Waals surface area contributed by atoms with E-state index in [1.165, 1.54) is 0 Å². The van der Waals surface area contributed by atoms with Gasteiger partial charge in [0, 0.05) is 31.7 Å². The molecular formula is C11H13BrN4O. The third kappa shape index (κ3) is 2.02. The summed E-state index contributed by atoms with van der Waals surface area (Å²) >= 11 is 3.40. The van der Waals surface area contributed by atoms with Crippen LogP contribution in [0.3, 0.4) is 0 Å². The van der Waals surface area contributed by atoms with Gasteiger partial charge in [-0.15, -0.1) is 0 Å². The summed E-state index contributed by atoms with van der Waals surface area (Å²) in [4.78, 5) is 8.72. The van der Waals surface area contributed by atoms with Crippen LogP contribution in [0.2, 0.25) is 0 Å². The number of nitrogens with one attached hydrogen (secondary N) is 1. The Hall–Kier alpha value is -1.14. The molecule has 0 radical (unpaired) electrons. The molecule has 3 rings (SSSR count). The van der Waals surface area contributed by atoms with E-state index < -0.39 is 0 Å². The number of imidazole rings is 1. The molecule has 90 valence electrons. The van der Waals surface area contributed by atoms with Gasteiger partial charge in [-0.1, -0.05) is 0 Å². The fourth-order valence-electron chi connectivity index (χ4n) is 2.07. The summed E-state index contributed by atoms with van der Waals surface area (Å²) in [6.45, 7) is 0. The standard InChI is InChI=1S/C11H13BrN4O/c1-17-8-4-7(5-8)14-10-11-13-2-3-16(11)6-9(12)15-10/h2-3,6-8H,4-5H2,1H3,(H,14,15). The summed E-state index contributed by atoms with van der Waals surface area (Å²) in [5, 5.41) is 3.41. The molecule has 1 fully saturated rings. The zero-order valence-corrected chi connectivity index (χ0v) is 11.0. The topological polar surface area (TPSA) is 51.5 Å². The molecule has 17 heavy (non-hydrogen) atoms. The molecule has 0 aliphatic heterocycles. The number of nitrogens with zero attached hydrogens (tertiary/aromatic N) is 3. The number of rotatable bonds is 3. The van der Waals surface area contributed by atoms with Crippen molar-refractivity contribution >= 4 is 27.4 Å². The van der Waals surface area contributed by atoms with Crippen LogP contribution in [-0.4, -0.2) is 33.6 Å². The molecule has 5 nitrogen and oxygen atoms in total. The monoisotopic (exact) mass is 296 g/mol. The lowest BCUT2D eigenvalue weighted by atomic mass is 9.89. The molecule has 1 aliphatic carbocycles. The first-order valence-electron chi connectivity index (χ1n) is 5.55. The van der Waals surface area contributed by atoms with Crippen molar-refractivity contribution in [3.63, 3.8) is 0 Å². The van der Waals surface area contributed by atoms with E-state index in [9.17, 15) is 0 Å². The SMILES string of the molecule is COC1CC(Nc2nc(Br)cn3ccnc23)C1. The highest BCUT2D eigenvalue weighted by atomic mass is 79.9. The van der Waals surface area contributed by atoms with E-state index in [0.29, 0.717) is 12.1 Å². The van der Waals surface area contributed by atoms with Crippen molar-refractivity contribution in [3.8, 4) is 0 Å². The maximum absolute atomic E-state index is 5.26. The molecule has 6 heteroatoms. The van der Waals surface area contributed by atoms with Crippen LogP contribution in [0.25, 0.3) is 5.65 Å². The van der Waals surface area contributed by atoms with Gasteiger partial charge in [0.05, 0.1) is 6.10 Å². The average molecular weight is 297 g/mol. The predicted octanol–water partition coefficient (Wildman–Crippen LogP) is 2.08. The molecular weight excluding hydrogens is 284 g/mol. The highest BCUT2D eigenvalue weighted by molar-refractivity contribution is 9.10. The Bertz CT molecular complexity index is 535. The van der Waals surface area contributed by atoms with Gasteiger partial charge in [0.1, 0.15) is 4.60 Å². The molecule has 0 spiro atoms. The van der Waals surface area contributed by atoms with Crippen LogP contribution in [0.1, 0.15) is 12.8 Å². The minimum Gasteiger partial charge on any atom is -0.381 e. The van der Waals surface area contributed by atoms with Gasteiger partial charge in [0.2, 0.25) is 0 Å². The number of anilines is 1. The Morgan fingerprint density at radius 3 is 3.12 bits per heavy atom. The van der Waals surface area contributed by atoms with E-state index >= 15 is 0 Å². The number of aromatic nitrogens is 3. The van der Waals surface area contributed by atoms with Gasteiger partial charge in [-0.3, -0.25) is 0 Å². The first kappa shape index (κ1) is 11.0. The van der Waals surface area contributed by atoms with Gasteiger partial charge < -0.3 is 14.5 Å². The maximum Gasteiger partial charge on any atom is 0.180 e. The zero-order chi connectivity index (χ0) is 11.8. The molecule has 0 amide bonds. The van der Waals surface area contributed by atoms with E-state index in [2.05, 4.69) is 31.2 Å². The summed E-state index contributed by atoms with van der Waals surface area (Å²) in [5.41, 5.74) is 0.856. The molecule has 2 aromatic heterocycles. The van der Waals surface area contributed by atoms with E-state index in [4.69, 9.17) is 4.74 Å². The zero-order valence-electron chi connectivity index (χ0n) is 9.43. The van der Waals surface area contributed by atoms with E-state index in [-0.39, 0.29) is 0 Å². The molecule has 2 heterocycles. The van der Waals surface area contributed by atoms with Crippen LogP contribution in [-0.2, 0) is 4.74 Å². The molecule has 1 aliphatic rings. The number of hydrogen-bond donors (Lipinski definition) is 1. The third-order valence-electron chi connectivity index (χ3n) is 3.11. The summed E-state index contributed by atoms with van der Waals surface area (Å²) < 4.78 is 8.01. The quantitative estimate of drug-likeness (QED) is 0.942.